The molecule has 0 aliphatic heterocycles. The van der Waals surface area contributed by atoms with Crippen LogP contribution in [0.4, 0.5) is 11.6 Å². The second-order valence-electron chi connectivity index (χ2n) is 4.21. The number of anilines is 2. The number of nitrogens with two attached hydrogens (primary N) is 1. The molecule has 3 rings (SSSR count). The summed E-state index contributed by atoms with van der Waals surface area (Å²) in [6, 6.07) is 3.98. The number of nitrogens with one attached hydrogen (secondary N) is 1. The van der Waals surface area contributed by atoms with Gasteiger partial charge in [0.1, 0.15) is 5.82 Å². The highest BCUT2D eigenvalue weighted by Gasteiger charge is 2.05. The standard InChI is InChI=1S/C13H14N6/c14-11-9-19-7-6-17-13(19)12(18-11)16-5-3-10-2-1-4-15-8-10/h1-2,4,6-9H,3,5,14H2,(H,16,18). The fourth-order valence-electron chi connectivity index (χ4n) is 1.94. The Labute approximate surface area is 110 Å². The summed E-state index contributed by atoms with van der Waals surface area (Å²) in [5.41, 5.74) is 7.71. The maximum Gasteiger partial charge on any atom is 0.180 e. The SMILES string of the molecule is Nc1cn2ccnc2c(NCCc2cccnc2)n1. The van der Waals surface area contributed by atoms with Crippen LogP contribution in [0, 0.1) is 0 Å². The highest BCUT2D eigenvalue weighted by Crippen LogP contribution is 2.14. The van der Waals surface area contributed by atoms with Crippen molar-refractivity contribution >= 4 is 17.3 Å². The Morgan fingerprint density at radius 3 is 3.11 bits per heavy atom. The molecule has 0 aliphatic carbocycles. The van der Waals surface area contributed by atoms with E-state index in [1.165, 1.54) is 5.56 Å². The number of hydrogen-bond acceptors (Lipinski definition) is 5. The third-order valence-corrected chi connectivity index (χ3v) is 2.82. The summed E-state index contributed by atoms with van der Waals surface area (Å²) in [5.74, 6) is 1.17. The van der Waals surface area contributed by atoms with Crippen molar-refractivity contribution in [3.8, 4) is 0 Å². The molecular formula is C13H14N6. The summed E-state index contributed by atoms with van der Waals surface area (Å²) in [7, 11) is 0. The first-order valence-corrected chi connectivity index (χ1v) is 6.05. The van der Waals surface area contributed by atoms with Crippen LogP contribution < -0.4 is 11.1 Å². The summed E-state index contributed by atoms with van der Waals surface area (Å²) in [6.45, 7) is 0.755. The summed E-state index contributed by atoms with van der Waals surface area (Å²) in [4.78, 5) is 12.6. The summed E-state index contributed by atoms with van der Waals surface area (Å²) >= 11 is 0. The molecule has 3 aromatic heterocycles. The van der Waals surface area contributed by atoms with Gasteiger partial charge in [-0.3, -0.25) is 4.98 Å². The smallest absolute Gasteiger partial charge is 0.180 e. The van der Waals surface area contributed by atoms with Crippen LogP contribution >= 0.6 is 0 Å². The first-order chi connectivity index (χ1) is 9.33. The topological polar surface area (TPSA) is 81.1 Å². The largest absolute Gasteiger partial charge is 0.382 e. The third kappa shape index (κ3) is 2.47. The lowest BCUT2D eigenvalue weighted by Crippen LogP contribution is -2.09. The van der Waals surface area contributed by atoms with Gasteiger partial charge in [0, 0.05) is 31.3 Å². The zero-order valence-corrected chi connectivity index (χ0v) is 10.3. The monoisotopic (exact) mass is 254 g/mol. The van der Waals surface area contributed by atoms with Crippen molar-refractivity contribution in [1.29, 1.82) is 0 Å². The molecule has 0 atom stereocenters. The molecule has 6 nitrogen and oxygen atoms in total. The zero-order valence-electron chi connectivity index (χ0n) is 10.3. The molecule has 0 unspecified atom stereocenters. The Balaban J connectivity index is 1.73. The van der Waals surface area contributed by atoms with E-state index in [0.717, 1.165) is 18.6 Å². The fraction of sp³-hybridized carbons (Fsp3) is 0.154. The van der Waals surface area contributed by atoms with Gasteiger partial charge in [-0.1, -0.05) is 6.07 Å². The molecule has 0 aliphatic rings. The van der Waals surface area contributed by atoms with Crippen LogP contribution in [0.25, 0.3) is 5.65 Å². The number of hydrogen-bond donors (Lipinski definition) is 2. The van der Waals surface area contributed by atoms with E-state index < -0.39 is 0 Å². The average molecular weight is 254 g/mol. The summed E-state index contributed by atoms with van der Waals surface area (Å²) < 4.78 is 1.86. The molecule has 0 saturated heterocycles. The van der Waals surface area contributed by atoms with Gasteiger partial charge >= 0.3 is 0 Å². The van der Waals surface area contributed by atoms with Crippen molar-refractivity contribution in [2.24, 2.45) is 0 Å². The van der Waals surface area contributed by atoms with Crippen LogP contribution in [-0.4, -0.2) is 25.9 Å². The molecule has 0 amide bonds. The lowest BCUT2D eigenvalue weighted by Gasteiger charge is -2.07. The van der Waals surface area contributed by atoms with E-state index in [0.29, 0.717) is 11.6 Å². The summed E-state index contributed by atoms with van der Waals surface area (Å²) in [6.07, 6.45) is 9.82. The van der Waals surface area contributed by atoms with Gasteiger partial charge in [-0.25, -0.2) is 9.97 Å². The van der Waals surface area contributed by atoms with Crippen molar-refractivity contribution in [2.45, 2.75) is 6.42 Å². The van der Waals surface area contributed by atoms with Crippen molar-refractivity contribution in [1.82, 2.24) is 19.4 Å². The molecule has 0 spiro atoms. The summed E-state index contributed by atoms with van der Waals surface area (Å²) in [5, 5.41) is 3.26. The van der Waals surface area contributed by atoms with Crippen molar-refractivity contribution in [2.75, 3.05) is 17.6 Å². The van der Waals surface area contributed by atoms with E-state index >= 15 is 0 Å². The van der Waals surface area contributed by atoms with Crippen molar-refractivity contribution in [3.05, 3.63) is 48.7 Å². The van der Waals surface area contributed by atoms with Gasteiger partial charge in [-0.05, 0) is 18.1 Å². The number of aromatic nitrogens is 4. The molecule has 0 radical (unpaired) electrons. The van der Waals surface area contributed by atoms with Gasteiger partial charge in [-0.2, -0.15) is 0 Å². The first-order valence-electron chi connectivity index (χ1n) is 6.05. The molecule has 19 heavy (non-hydrogen) atoms. The van der Waals surface area contributed by atoms with E-state index in [1.54, 1.807) is 18.6 Å². The molecule has 0 saturated carbocycles. The molecule has 3 heterocycles. The predicted octanol–water partition coefficient (Wildman–Crippen LogP) is 1.36. The van der Waals surface area contributed by atoms with Crippen molar-refractivity contribution < 1.29 is 0 Å². The van der Waals surface area contributed by atoms with Gasteiger partial charge in [0.15, 0.2) is 11.5 Å². The van der Waals surface area contributed by atoms with Gasteiger partial charge < -0.3 is 15.5 Å². The molecule has 3 N–H and O–H groups in total. The van der Waals surface area contributed by atoms with Crippen molar-refractivity contribution in [3.63, 3.8) is 0 Å². The minimum absolute atomic E-state index is 0.467. The minimum atomic E-state index is 0.467. The zero-order chi connectivity index (χ0) is 13.1. The maximum absolute atomic E-state index is 5.76. The first kappa shape index (κ1) is 11.5. The minimum Gasteiger partial charge on any atom is -0.382 e. The van der Waals surface area contributed by atoms with Gasteiger partial charge in [-0.15, -0.1) is 0 Å². The van der Waals surface area contributed by atoms with E-state index in [9.17, 15) is 0 Å². The second-order valence-corrected chi connectivity index (χ2v) is 4.21. The Morgan fingerprint density at radius 1 is 1.32 bits per heavy atom. The molecule has 3 aromatic rings. The van der Waals surface area contributed by atoms with E-state index in [4.69, 9.17) is 5.73 Å². The Morgan fingerprint density at radius 2 is 2.26 bits per heavy atom. The van der Waals surface area contributed by atoms with Crippen LogP contribution in [0.5, 0.6) is 0 Å². The van der Waals surface area contributed by atoms with Crippen LogP contribution in [0.15, 0.2) is 43.1 Å². The molecule has 6 heteroatoms. The number of imidazole rings is 1. The van der Waals surface area contributed by atoms with Gasteiger partial charge in [0.05, 0.1) is 6.20 Å². The Hall–Kier alpha value is -2.63. The number of pyridine rings is 1. The van der Waals surface area contributed by atoms with E-state index in [2.05, 4.69) is 20.3 Å². The highest BCUT2D eigenvalue weighted by molar-refractivity contribution is 5.64. The molecule has 0 bridgehead atoms. The number of nitrogens with zero attached hydrogens (tertiary/aromatic N) is 4. The number of fused-ring (bicyclic) bond motifs is 1. The Kier molecular flexibility index (Phi) is 2.97. The normalized spacial score (nSPS) is 10.7. The predicted molar refractivity (Wildman–Crippen MR) is 73.8 cm³/mol. The average Bonchev–Trinajstić information content (AvgIpc) is 2.88. The van der Waals surface area contributed by atoms with E-state index in [1.807, 2.05) is 28.9 Å². The molecule has 96 valence electrons. The fourth-order valence-corrected chi connectivity index (χ4v) is 1.94. The van der Waals surface area contributed by atoms with E-state index in [-0.39, 0.29) is 0 Å². The van der Waals surface area contributed by atoms with Crippen LogP contribution in [0.3, 0.4) is 0 Å². The molecular weight excluding hydrogens is 240 g/mol. The second kappa shape index (κ2) is 4.93. The van der Waals surface area contributed by atoms with Gasteiger partial charge in [0.25, 0.3) is 0 Å². The highest BCUT2D eigenvalue weighted by atomic mass is 15.1. The lowest BCUT2D eigenvalue weighted by molar-refractivity contribution is 0.989. The van der Waals surface area contributed by atoms with Crippen LogP contribution in [-0.2, 0) is 6.42 Å². The number of rotatable bonds is 4. The van der Waals surface area contributed by atoms with Crippen LogP contribution in [0.1, 0.15) is 5.56 Å². The lowest BCUT2D eigenvalue weighted by atomic mass is 10.2. The number of nitrogen functional groups attached to an aromatic ring is 1. The maximum atomic E-state index is 5.76. The molecule has 0 fully saturated rings. The Bertz CT molecular complexity index is 676. The third-order valence-electron chi connectivity index (χ3n) is 2.82. The quantitative estimate of drug-likeness (QED) is 0.734. The van der Waals surface area contributed by atoms with Gasteiger partial charge in [0.2, 0.25) is 0 Å². The molecule has 0 aromatic carbocycles. The van der Waals surface area contributed by atoms with Crippen LogP contribution in [0.2, 0.25) is 0 Å².